The predicted octanol–water partition coefficient (Wildman–Crippen LogP) is 0.933. The zero-order chi connectivity index (χ0) is 16.0. The van der Waals surface area contributed by atoms with Gasteiger partial charge in [0.2, 0.25) is 5.91 Å². The Balaban J connectivity index is 2.88. The molecular weight excluding hydrogens is 268 g/mol. The molecule has 0 heterocycles. The summed E-state index contributed by atoms with van der Waals surface area (Å²) in [7, 11) is 5.17. The molecule has 0 radical (unpaired) electrons. The molecule has 0 unspecified atom stereocenters. The summed E-state index contributed by atoms with van der Waals surface area (Å²) in [5, 5.41) is 2.81. The molecule has 0 saturated heterocycles. The molecule has 0 fully saturated rings. The number of anilines is 2. The van der Waals surface area contributed by atoms with Crippen molar-refractivity contribution in [3.63, 3.8) is 0 Å². The van der Waals surface area contributed by atoms with Crippen molar-refractivity contribution in [3.05, 3.63) is 23.8 Å². The molecule has 0 aliphatic heterocycles. The van der Waals surface area contributed by atoms with Crippen LogP contribution in [0.4, 0.5) is 11.4 Å². The molecule has 0 aliphatic rings. The number of nitrogens with two attached hydrogens (primary N) is 1. The maximum Gasteiger partial charge on any atom is 0.253 e. The lowest BCUT2D eigenvalue weighted by Gasteiger charge is -2.22. The number of likely N-dealkylation sites (N-methyl/N-ethyl adjacent to an activating group) is 1. The number of amides is 2. The lowest BCUT2D eigenvalue weighted by Crippen LogP contribution is -2.35. The summed E-state index contributed by atoms with van der Waals surface area (Å²) in [6.07, 6.45) is 0.893. The van der Waals surface area contributed by atoms with Crippen LogP contribution < -0.4 is 16.0 Å². The van der Waals surface area contributed by atoms with Gasteiger partial charge in [0.15, 0.2) is 0 Å². The van der Waals surface area contributed by atoms with Gasteiger partial charge in [-0.3, -0.25) is 9.59 Å². The van der Waals surface area contributed by atoms with E-state index in [1.807, 2.05) is 6.92 Å². The Morgan fingerprint density at radius 3 is 2.48 bits per heavy atom. The van der Waals surface area contributed by atoms with Gasteiger partial charge in [0.1, 0.15) is 0 Å². The number of carbonyl (C=O) groups is 2. The molecule has 1 rings (SSSR count). The second-order valence-electron chi connectivity index (χ2n) is 5.18. The Bertz CT molecular complexity index is 514. The molecule has 0 spiro atoms. The molecule has 3 N–H and O–H groups in total. The van der Waals surface area contributed by atoms with E-state index in [2.05, 4.69) is 5.32 Å². The number of nitrogens with one attached hydrogen (secondary N) is 1. The Hall–Kier alpha value is -2.24. The molecule has 2 amide bonds. The smallest absolute Gasteiger partial charge is 0.253 e. The largest absolute Gasteiger partial charge is 0.397 e. The molecule has 0 atom stereocenters. The highest BCUT2D eigenvalue weighted by molar-refractivity contribution is 5.96. The van der Waals surface area contributed by atoms with Crippen molar-refractivity contribution in [3.8, 4) is 0 Å². The number of hydrogen-bond acceptors (Lipinski definition) is 4. The summed E-state index contributed by atoms with van der Waals surface area (Å²) in [6.45, 7) is 2.85. The zero-order valence-electron chi connectivity index (χ0n) is 13.1. The number of rotatable bonds is 6. The molecule has 1 aromatic carbocycles. The summed E-state index contributed by atoms with van der Waals surface area (Å²) in [6, 6.07) is 5.09. The first-order chi connectivity index (χ1) is 9.86. The van der Waals surface area contributed by atoms with E-state index in [0.717, 1.165) is 6.42 Å². The zero-order valence-corrected chi connectivity index (χ0v) is 13.1. The third-order valence-corrected chi connectivity index (χ3v) is 3.05. The van der Waals surface area contributed by atoms with E-state index in [9.17, 15) is 9.59 Å². The third kappa shape index (κ3) is 4.66. The van der Waals surface area contributed by atoms with Gasteiger partial charge in [0.05, 0.1) is 17.9 Å². The van der Waals surface area contributed by atoms with Crippen molar-refractivity contribution in [1.82, 2.24) is 10.2 Å². The second-order valence-corrected chi connectivity index (χ2v) is 5.18. The van der Waals surface area contributed by atoms with Gasteiger partial charge >= 0.3 is 0 Å². The van der Waals surface area contributed by atoms with Crippen molar-refractivity contribution in [2.24, 2.45) is 0 Å². The standard InChI is InChI=1S/C15H24N4O2/c1-5-8-17-14(20)10-19(4)13-9-11(6-7-12(13)16)15(21)18(2)3/h6-7,9H,5,8,10,16H2,1-4H3,(H,17,20). The molecule has 6 nitrogen and oxygen atoms in total. The van der Waals surface area contributed by atoms with Crippen molar-refractivity contribution >= 4 is 23.2 Å². The highest BCUT2D eigenvalue weighted by atomic mass is 16.2. The number of nitrogens with zero attached hydrogens (tertiary/aromatic N) is 2. The van der Waals surface area contributed by atoms with Crippen LogP contribution >= 0.6 is 0 Å². The molecule has 1 aromatic rings. The fourth-order valence-electron chi connectivity index (χ4n) is 1.89. The maximum atomic E-state index is 12.0. The van der Waals surface area contributed by atoms with E-state index in [-0.39, 0.29) is 18.4 Å². The van der Waals surface area contributed by atoms with Crippen LogP contribution in [0.1, 0.15) is 23.7 Å². The quantitative estimate of drug-likeness (QED) is 0.765. The van der Waals surface area contributed by atoms with E-state index >= 15 is 0 Å². The van der Waals surface area contributed by atoms with Gasteiger partial charge in [-0.15, -0.1) is 0 Å². The van der Waals surface area contributed by atoms with Gasteiger partial charge in [-0.25, -0.2) is 0 Å². The Kier molecular flexibility index (Phi) is 6.02. The summed E-state index contributed by atoms with van der Waals surface area (Å²) in [5.41, 5.74) is 7.70. The van der Waals surface area contributed by atoms with Crippen molar-refractivity contribution in [2.45, 2.75) is 13.3 Å². The SMILES string of the molecule is CCCNC(=O)CN(C)c1cc(C(=O)N(C)C)ccc1N. The van der Waals surface area contributed by atoms with E-state index in [4.69, 9.17) is 5.73 Å². The maximum absolute atomic E-state index is 12.0. The van der Waals surface area contributed by atoms with Crippen molar-refractivity contribution in [2.75, 3.05) is 44.9 Å². The normalized spacial score (nSPS) is 10.1. The first kappa shape index (κ1) is 16.8. The van der Waals surface area contributed by atoms with Crippen LogP contribution in [0.25, 0.3) is 0 Å². The molecule has 6 heteroatoms. The Morgan fingerprint density at radius 1 is 1.24 bits per heavy atom. The second kappa shape index (κ2) is 7.52. The van der Waals surface area contributed by atoms with Crippen LogP contribution in [0, 0.1) is 0 Å². The predicted molar refractivity (Wildman–Crippen MR) is 85.4 cm³/mol. The summed E-state index contributed by atoms with van der Waals surface area (Å²) >= 11 is 0. The first-order valence-electron chi connectivity index (χ1n) is 6.95. The minimum absolute atomic E-state index is 0.0666. The minimum Gasteiger partial charge on any atom is -0.397 e. The highest BCUT2D eigenvalue weighted by Crippen LogP contribution is 2.24. The molecule has 116 valence electrons. The number of benzene rings is 1. The van der Waals surface area contributed by atoms with Crippen LogP contribution in [0.15, 0.2) is 18.2 Å². The number of nitrogen functional groups attached to an aromatic ring is 1. The van der Waals surface area contributed by atoms with Gasteiger partial charge in [0, 0.05) is 33.3 Å². The van der Waals surface area contributed by atoms with E-state index < -0.39 is 0 Å². The monoisotopic (exact) mass is 292 g/mol. The van der Waals surface area contributed by atoms with E-state index in [1.54, 1.807) is 44.2 Å². The Labute approximate surface area is 125 Å². The van der Waals surface area contributed by atoms with E-state index in [1.165, 1.54) is 4.90 Å². The van der Waals surface area contributed by atoms with Crippen LogP contribution in [0.3, 0.4) is 0 Å². The summed E-state index contributed by atoms with van der Waals surface area (Å²) < 4.78 is 0. The van der Waals surface area contributed by atoms with Gasteiger partial charge in [0.25, 0.3) is 5.91 Å². The first-order valence-corrected chi connectivity index (χ1v) is 6.95. The number of hydrogen-bond donors (Lipinski definition) is 2. The van der Waals surface area contributed by atoms with Crippen molar-refractivity contribution in [1.29, 1.82) is 0 Å². The average molecular weight is 292 g/mol. The fraction of sp³-hybridized carbons (Fsp3) is 0.467. The van der Waals surface area contributed by atoms with Gasteiger partial charge in [-0.2, -0.15) is 0 Å². The third-order valence-electron chi connectivity index (χ3n) is 3.05. The van der Waals surface area contributed by atoms with Crippen molar-refractivity contribution < 1.29 is 9.59 Å². The molecule has 0 aromatic heterocycles. The highest BCUT2D eigenvalue weighted by Gasteiger charge is 2.14. The van der Waals surface area contributed by atoms with Crippen LogP contribution in [-0.2, 0) is 4.79 Å². The summed E-state index contributed by atoms with van der Waals surface area (Å²) in [4.78, 5) is 27.0. The van der Waals surface area contributed by atoms with Crippen LogP contribution in [0.5, 0.6) is 0 Å². The van der Waals surface area contributed by atoms with Gasteiger partial charge in [-0.05, 0) is 24.6 Å². The summed E-state index contributed by atoms with van der Waals surface area (Å²) in [5.74, 6) is -0.164. The number of carbonyl (C=O) groups excluding carboxylic acids is 2. The van der Waals surface area contributed by atoms with Gasteiger partial charge < -0.3 is 20.9 Å². The molecule has 0 bridgehead atoms. The molecule has 0 aliphatic carbocycles. The van der Waals surface area contributed by atoms with Crippen LogP contribution in [-0.4, -0.2) is 50.9 Å². The fourth-order valence-corrected chi connectivity index (χ4v) is 1.89. The Morgan fingerprint density at radius 2 is 1.90 bits per heavy atom. The topological polar surface area (TPSA) is 78.7 Å². The lowest BCUT2D eigenvalue weighted by atomic mass is 10.1. The average Bonchev–Trinajstić information content (AvgIpc) is 2.44. The van der Waals surface area contributed by atoms with Gasteiger partial charge in [-0.1, -0.05) is 6.92 Å². The molecule has 21 heavy (non-hydrogen) atoms. The lowest BCUT2D eigenvalue weighted by molar-refractivity contribution is -0.119. The molecule has 0 saturated carbocycles. The van der Waals surface area contributed by atoms with Crippen LogP contribution in [0.2, 0.25) is 0 Å². The van der Waals surface area contributed by atoms with E-state index in [0.29, 0.717) is 23.5 Å². The molecular formula is C15H24N4O2. The minimum atomic E-state index is -0.0971.